The Morgan fingerprint density at radius 1 is 1.05 bits per heavy atom. The fourth-order valence-electron chi connectivity index (χ4n) is 4.68. The largest absolute Gasteiger partial charge is 0.313 e. The fourth-order valence-corrected chi connectivity index (χ4v) is 4.68. The van der Waals surface area contributed by atoms with Crippen molar-refractivity contribution in [1.29, 1.82) is 0 Å². The molecule has 2 saturated carbocycles. The molecule has 0 spiro atoms. The van der Waals surface area contributed by atoms with E-state index >= 15 is 0 Å². The topological polar surface area (TPSA) is 15.3 Å². The molecule has 2 fully saturated rings. The molecule has 2 heteroatoms. The minimum Gasteiger partial charge on any atom is -0.313 e. The lowest BCUT2D eigenvalue weighted by atomic mass is 9.76. The Morgan fingerprint density at radius 2 is 1.76 bits per heavy atom. The van der Waals surface area contributed by atoms with Gasteiger partial charge in [-0.15, -0.1) is 0 Å². The van der Waals surface area contributed by atoms with Crippen LogP contribution < -0.4 is 5.32 Å². The summed E-state index contributed by atoms with van der Waals surface area (Å²) < 4.78 is 0. The van der Waals surface area contributed by atoms with E-state index in [4.69, 9.17) is 0 Å². The lowest BCUT2D eigenvalue weighted by molar-refractivity contribution is 0.0852. The second kappa shape index (κ2) is 8.53. The molecule has 21 heavy (non-hydrogen) atoms. The summed E-state index contributed by atoms with van der Waals surface area (Å²) in [5.74, 6) is 2.74. The van der Waals surface area contributed by atoms with E-state index in [9.17, 15) is 0 Å². The van der Waals surface area contributed by atoms with Crippen LogP contribution in [0.15, 0.2) is 0 Å². The van der Waals surface area contributed by atoms with E-state index in [1.807, 2.05) is 0 Å². The second-order valence-corrected chi connectivity index (χ2v) is 7.99. The molecule has 124 valence electrons. The highest BCUT2D eigenvalue weighted by Crippen LogP contribution is 2.33. The Kier molecular flexibility index (Phi) is 7.01. The predicted molar refractivity (Wildman–Crippen MR) is 92.6 cm³/mol. The average Bonchev–Trinajstić information content (AvgIpc) is 2.48. The van der Waals surface area contributed by atoms with Gasteiger partial charge in [0.15, 0.2) is 0 Å². The molecule has 0 bridgehead atoms. The summed E-state index contributed by atoms with van der Waals surface area (Å²) >= 11 is 0. The third-order valence-corrected chi connectivity index (χ3v) is 6.10. The first-order chi connectivity index (χ1) is 10.1. The molecule has 2 nitrogen and oxygen atoms in total. The van der Waals surface area contributed by atoms with Gasteiger partial charge >= 0.3 is 0 Å². The van der Waals surface area contributed by atoms with Crippen LogP contribution in [0, 0.1) is 17.8 Å². The van der Waals surface area contributed by atoms with Crippen LogP contribution in [-0.2, 0) is 0 Å². The molecule has 3 unspecified atom stereocenters. The summed E-state index contributed by atoms with van der Waals surface area (Å²) in [6.45, 7) is 9.53. The Morgan fingerprint density at radius 3 is 2.38 bits per heavy atom. The molecule has 2 rings (SSSR count). The molecule has 0 aromatic heterocycles. The summed E-state index contributed by atoms with van der Waals surface area (Å²) in [6, 6.07) is 1.48. The molecule has 2 aliphatic carbocycles. The maximum absolute atomic E-state index is 3.77. The molecule has 0 amide bonds. The third-order valence-electron chi connectivity index (χ3n) is 6.10. The first kappa shape index (κ1) is 17.3. The van der Waals surface area contributed by atoms with Crippen LogP contribution in [0.2, 0.25) is 0 Å². The first-order valence-electron chi connectivity index (χ1n) is 9.55. The Labute approximate surface area is 133 Å². The van der Waals surface area contributed by atoms with Crippen LogP contribution in [0.1, 0.15) is 72.1 Å². The number of likely N-dealkylation sites (N-methyl/N-ethyl adjacent to an activating group) is 2. The SMILES string of the molecule is CCNC1CCC(C(C)C)CC1N(C)CC1CCCCC1. The number of nitrogens with one attached hydrogen (secondary N) is 1. The van der Waals surface area contributed by atoms with E-state index in [0.717, 1.165) is 36.4 Å². The van der Waals surface area contributed by atoms with Gasteiger partial charge in [0.2, 0.25) is 0 Å². The van der Waals surface area contributed by atoms with Crippen molar-refractivity contribution in [3.05, 3.63) is 0 Å². The number of nitrogens with zero attached hydrogens (tertiary/aromatic N) is 1. The maximum atomic E-state index is 3.77. The van der Waals surface area contributed by atoms with Crippen molar-refractivity contribution in [2.45, 2.75) is 84.2 Å². The predicted octanol–water partition coefficient (Wildman–Crippen LogP) is 4.30. The van der Waals surface area contributed by atoms with Gasteiger partial charge in [-0.05, 0) is 63.5 Å². The van der Waals surface area contributed by atoms with Crippen molar-refractivity contribution >= 4 is 0 Å². The van der Waals surface area contributed by atoms with Gasteiger partial charge in [0.1, 0.15) is 0 Å². The van der Waals surface area contributed by atoms with Gasteiger partial charge in [-0.1, -0.05) is 40.0 Å². The van der Waals surface area contributed by atoms with Gasteiger partial charge < -0.3 is 10.2 Å². The quantitative estimate of drug-likeness (QED) is 0.785. The van der Waals surface area contributed by atoms with Crippen LogP contribution in [0.3, 0.4) is 0 Å². The highest BCUT2D eigenvalue weighted by atomic mass is 15.2. The highest BCUT2D eigenvalue weighted by Gasteiger charge is 2.34. The monoisotopic (exact) mass is 294 g/mol. The summed E-state index contributed by atoms with van der Waals surface area (Å²) in [4.78, 5) is 2.72. The zero-order valence-corrected chi connectivity index (χ0v) is 14.9. The highest BCUT2D eigenvalue weighted by molar-refractivity contribution is 4.91. The lowest BCUT2D eigenvalue weighted by Gasteiger charge is -2.44. The van der Waals surface area contributed by atoms with Crippen molar-refractivity contribution in [3.63, 3.8) is 0 Å². The number of hydrogen-bond acceptors (Lipinski definition) is 2. The van der Waals surface area contributed by atoms with Gasteiger partial charge in [-0.2, -0.15) is 0 Å². The summed E-state index contributed by atoms with van der Waals surface area (Å²) in [7, 11) is 2.40. The van der Waals surface area contributed by atoms with E-state index in [0.29, 0.717) is 0 Å². The maximum Gasteiger partial charge on any atom is 0.0249 e. The minimum absolute atomic E-state index is 0.721. The van der Waals surface area contributed by atoms with Gasteiger partial charge in [0.05, 0.1) is 0 Å². The van der Waals surface area contributed by atoms with E-state index in [-0.39, 0.29) is 0 Å². The average molecular weight is 295 g/mol. The second-order valence-electron chi connectivity index (χ2n) is 7.99. The van der Waals surface area contributed by atoms with E-state index in [2.05, 4.69) is 38.0 Å². The van der Waals surface area contributed by atoms with Crippen LogP contribution in [0.5, 0.6) is 0 Å². The molecular formula is C19H38N2. The summed E-state index contributed by atoms with van der Waals surface area (Å²) in [6.07, 6.45) is 11.5. The smallest absolute Gasteiger partial charge is 0.0249 e. The van der Waals surface area contributed by atoms with E-state index in [1.54, 1.807) is 0 Å². The minimum atomic E-state index is 0.721. The van der Waals surface area contributed by atoms with Crippen LogP contribution >= 0.6 is 0 Å². The molecule has 0 radical (unpaired) electrons. The number of rotatable bonds is 6. The Bertz CT molecular complexity index is 283. The zero-order valence-electron chi connectivity index (χ0n) is 14.9. The standard InChI is InChI=1S/C19H38N2/c1-5-20-18-12-11-17(15(2)3)13-19(18)21(4)14-16-9-7-6-8-10-16/h15-20H,5-14H2,1-4H3. The van der Waals surface area contributed by atoms with Crippen LogP contribution in [-0.4, -0.2) is 37.1 Å². The van der Waals surface area contributed by atoms with Crippen molar-refractivity contribution in [3.8, 4) is 0 Å². The van der Waals surface area contributed by atoms with Crippen molar-refractivity contribution in [2.75, 3.05) is 20.1 Å². The van der Waals surface area contributed by atoms with Crippen molar-refractivity contribution < 1.29 is 0 Å². The molecule has 1 N–H and O–H groups in total. The summed E-state index contributed by atoms with van der Waals surface area (Å²) in [5.41, 5.74) is 0. The Balaban J connectivity index is 1.93. The zero-order chi connectivity index (χ0) is 15.2. The number of hydrogen-bond donors (Lipinski definition) is 1. The lowest BCUT2D eigenvalue weighted by Crippen LogP contribution is -2.53. The molecule has 3 atom stereocenters. The first-order valence-corrected chi connectivity index (χ1v) is 9.55. The van der Waals surface area contributed by atoms with Gasteiger partial charge in [-0.3, -0.25) is 0 Å². The summed E-state index contributed by atoms with van der Waals surface area (Å²) in [5, 5.41) is 3.77. The van der Waals surface area contributed by atoms with Gasteiger partial charge in [-0.25, -0.2) is 0 Å². The molecule has 0 aromatic carbocycles. The van der Waals surface area contributed by atoms with Crippen LogP contribution in [0.4, 0.5) is 0 Å². The fraction of sp³-hybridized carbons (Fsp3) is 1.00. The normalized spacial score (nSPS) is 32.0. The van der Waals surface area contributed by atoms with Gasteiger partial charge in [0, 0.05) is 18.6 Å². The molecule has 2 aliphatic rings. The van der Waals surface area contributed by atoms with Crippen molar-refractivity contribution in [2.24, 2.45) is 17.8 Å². The Hall–Kier alpha value is -0.0800. The van der Waals surface area contributed by atoms with Gasteiger partial charge in [0.25, 0.3) is 0 Å². The molecular weight excluding hydrogens is 256 g/mol. The molecule has 0 heterocycles. The van der Waals surface area contributed by atoms with Crippen LogP contribution in [0.25, 0.3) is 0 Å². The third kappa shape index (κ3) is 4.96. The molecule has 0 aromatic rings. The van der Waals surface area contributed by atoms with E-state index < -0.39 is 0 Å². The molecule has 0 saturated heterocycles. The van der Waals surface area contributed by atoms with Crippen molar-refractivity contribution in [1.82, 2.24) is 10.2 Å². The van der Waals surface area contributed by atoms with E-state index in [1.165, 1.54) is 57.9 Å². The molecule has 0 aliphatic heterocycles.